The molecule has 0 unspecified atom stereocenters. The van der Waals surface area contributed by atoms with E-state index in [-0.39, 0.29) is 34.3 Å². The average molecular weight is 746 g/mol. The number of nitrogens with zero attached hydrogens (tertiary/aromatic N) is 4. The molecule has 0 heterocycles. The first-order valence-corrected chi connectivity index (χ1v) is 17.0. The number of nitrogens with one attached hydrogen (secondary N) is 2. The number of Topliss-reactive ketones (excluding diaryl/α,β-unsaturated/α-hetero) is 1. The molecule has 0 aromatic heterocycles. The van der Waals surface area contributed by atoms with Gasteiger partial charge < -0.3 is 21.1 Å². The maximum Gasteiger partial charge on any atom is 0.339 e. The van der Waals surface area contributed by atoms with Gasteiger partial charge in [0.1, 0.15) is 10.5 Å². The number of ketones is 2. The van der Waals surface area contributed by atoms with E-state index in [0.717, 1.165) is 18.2 Å². The van der Waals surface area contributed by atoms with Crippen molar-refractivity contribution in [2.24, 2.45) is 20.2 Å². The summed E-state index contributed by atoms with van der Waals surface area (Å²) in [5.74, 6) is -3.44. The number of nitrogen functional groups attached to an aromatic ring is 1. The van der Waals surface area contributed by atoms with E-state index in [0.29, 0.717) is 33.9 Å². The number of anilines is 3. The van der Waals surface area contributed by atoms with E-state index in [1.807, 2.05) is 0 Å². The molecule has 0 amide bonds. The van der Waals surface area contributed by atoms with Crippen LogP contribution in [0.5, 0.6) is 0 Å². The molecule has 16 nitrogen and oxygen atoms in total. The summed E-state index contributed by atoms with van der Waals surface area (Å²) >= 11 is 0. The van der Waals surface area contributed by atoms with Gasteiger partial charge in [0.05, 0.1) is 28.5 Å². The third-order valence-corrected chi connectivity index (χ3v) is 8.61. The lowest BCUT2D eigenvalue weighted by molar-refractivity contribution is -0.134. The largest absolute Gasteiger partial charge is 0.493 e. The molecule has 2 aliphatic rings. The predicted molar refractivity (Wildman–Crippen MR) is 204 cm³/mol. The minimum absolute atomic E-state index is 0.0803. The zero-order valence-corrected chi connectivity index (χ0v) is 28.4. The van der Waals surface area contributed by atoms with Crippen molar-refractivity contribution in [2.75, 3.05) is 16.6 Å². The molecule has 4 aromatic carbocycles. The topological polar surface area (TPSA) is 266 Å². The molecule has 0 fully saturated rings. The first kappa shape index (κ1) is 36.3. The number of carboxylic acid groups (broad SMARTS) is 1. The van der Waals surface area contributed by atoms with Gasteiger partial charge in [0, 0.05) is 22.4 Å². The van der Waals surface area contributed by atoms with Gasteiger partial charge in [-0.05, 0) is 121 Å². The Morgan fingerprint density at radius 1 is 0.685 bits per heavy atom. The van der Waals surface area contributed by atoms with Crippen LogP contribution < -0.4 is 16.6 Å². The standard InChI is InChI=1S/C37H27N7O9S/c38-23-5-1-20(2-6-23)36(48)40-27-13-15-29-22(17-27)18-32(54(51,52)53)33(34(29)46)44-42-26-11-9-24(10-12-26)39-35(47)21-3-7-25(8-4-21)41-43-28-14-16-31(45)30(19-28)37(49)50/h1-19,41-42H,38H2,(H,39,47)(H,40,48)(H,49,50)(H,51,52,53)/b43-28+,44-33-. The van der Waals surface area contributed by atoms with Crippen LogP contribution in [0.1, 0.15) is 27.0 Å². The van der Waals surface area contributed by atoms with Crippen molar-refractivity contribution in [3.05, 3.63) is 142 Å². The first-order valence-electron chi connectivity index (χ1n) is 15.6. The van der Waals surface area contributed by atoms with Crippen LogP contribution in [0.25, 0.3) is 6.08 Å². The summed E-state index contributed by atoms with van der Waals surface area (Å²) in [5.41, 5.74) is 13.1. The lowest BCUT2D eigenvalue weighted by Gasteiger charge is -2.16. The van der Waals surface area contributed by atoms with Crippen LogP contribution in [0.3, 0.4) is 0 Å². The number of carbonyl (C=O) groups excluding carboxylic acids is 2. The first-order chi connectivity index (χ1) is 25.7. The Bertz CT molecular complexity index is 2540. The van der Waals surface area contributed by atoms with E-state index < -0.39 is 43.8 Å². The number of hydrogen-bond donors (Lipinski definition) is 7. The molecule has 17 heteroatoms. The van der Waals surface area contributed by atoms with Crippen LogP contribution in [0.2, 0.25) is 0 Å². The normalized spacial score (nSPS) is 16.2. The number of aliphatic hydroxyl groups excluding tert-OH is 2. The summed E-state index contributed by atoms with van der Waals surface area (Å²) < 4.78 is 34.6. The molecule has 0 bridgehead atoms. The highest BCUT2D eigenvalue weighted by Gasteiger charge is 2.33. The van der Waals surface area contributed by atoms with Gasteiger partial charge in [0.25, 0.3) is 10.1 Å². The van der Waals surface area contributed by atoms with Crippen LogP contribution in [0.15, 0.2) is 140 Å². The van der Waals surface area contributed by atoms with E-state index in [2.05, 4.69) is 31.0 Å². The van der Waals surface area contributed by atoms with Gasteiger partial charge in [0.2, 0.25) is 17.6 Å². The smallest absolute Gasteiger partial charge is 0.339 e. The van der Waals surface area contributed by atoms with Crippen LogP contribution in [-0.2, 0) is 19.7 Å². The van der Waals surface area contributed by atoms with Crippen LogP contribution in [0, 0.1) is 0 Å². The average Bonchev–Trinajstić information content (AvgIpc) is 3.14. The SMILES string of the molecule is Nc1ccc(C(O)=Nc2ccc3c(c2)C=C(S(=O)(=O)O)/C(=N/Nc2ccc(N=C(O)c4ccc(N/N=C5\C=CC(=O)C(C(=O)O)=C5)cc4)cc2)C3=O)cc1. The Balaban J connectivity index is 1.14. The van der Waals surface area contributed by atoms with Crippen molar-refractivity contribution in [3.63, 3.8) is 0 Å². The van der Waals surface area contributed by atoms with Crippen LogP contribution >= 0.6 is 0 Å². The fourth-order valence-electron chi connectivity index (χ4n) is 5.01. The monoisotopic (exact) mass is 745 g/mol. The summed E-state index contributed by atoms with van der Waals surface area (Å²) in [6.45, 7) is 0. The molecular formula is C37H27N7O9S. The summed E-state index contributed by atoms with van der Waals surface area (Å²) in [6, 6.07) is 22.9. The number of allylic oxidation sites excluding steroid dienone is 4. The Kier molecular flexibility index (Phi) is 10.1. The fourth-order valence-corrected chi connectivity index (χ4v) is 5.67. The molecule has 54 heavy (non-hydrogen) atoms. The fraction of sp³-hybridized carbons (Fsp3) is 0. The van der Waals surface area contributed by atoms with Gasteiger partial charge in [-0.2, -0.15) is 18.6 Å². The Labute approximate surface area is 306 Å². The molecular weight excluding hydrogens is 719 g/mol. The van der Waals surface area contributed by atoms with E-state index in [4.69, 9.17) is 10.8 Å². The van der Waals surface area contributed by atoms with E-state index in [1.165, 1.54) is 48.5 Å². The molecule has 6 rings (SSSR count). The van der Waals surface area contributed by atoms with Crippen molar-refractivity contribution in [1.29, 1.82) is 0 Å². The second kappa shape index (κ2) is 15.0. The molecule has 0 spiro atoms. The van der Waals surface area contributed by atoms with Gasteiger partial charge in [-0.25, -0.2) is 14.8 Å². The van der Waals surface area contributed by atoms with Crippen molar-refractivity contribution in [1.82, 2.24) is 0 Å². The van der Waals surface area contributed by atoms with Gasteiger partial charge in [-0.15, -0.1) is 0 Å². The molecule has 0 aliphatic heterocycles. The molecule has 0 saturated heterocycles. The van der Waals surface area contributed by atoms with Crippen LogP contribution in [0.4, 0.5) is 28.4 Å². The molecule has 2 aliphatic carbocycles. The molecule has 270 valence electrons. The molecule has 8 N–H and O–H groups in total. The van der Waals surface area contributed by atoms with Crippen molar-refractivity contribution in [3.8, 4) is 0 Å². The maximum absolute atomic E-state index is 13.4. The number of rotatable bonds is 10. The Morgan fingerprint density at radius 3 is 1.85 bits per heavy atom. The third kappa shape index (κ3) is 8.34. The summed E-state index contributed by atoms with van der Waals surface area (Å²) in [5, 5.41) is 38.2. The van der Waals surface area contributed by atoms with E-state index in [1.54, 1.807) is 48.5 Å². The Hall–Kier alpha value is -7.50. The zero-order chi connectivity index (χ0) is 38.6. The number of carbonyl (C=O) groups is 3. The number of carboxylic acids is 1. The number of fused-ring (bicyclic) bond motifs is 1. The third-order valence-electron chi connectivity index (χ3n) is 7.75. The number of nitrogens with two attached hydrogens (primary N) is 1. The van der Waals surface area contributed by atoms with E-state index >= 15 is 0 Å². The maximum atomic E-state index is 13.4. The molecule has 0 saturated carbocycles. The number of benzene rings is 4. The highest BCUT2D eigenvalue weighted by Crippen LogP contribution is 2.30. The summed E-state index contributed by atoms with van der Waals surface area (Å²) in [7, 11) is -4.92. The van der Waals surface area contributed by atoms with E-state index in [9.17, 15) is 37.6 Å². The number of hydrazone groups is 2. The second-order valence-corrected chi connectivity index (χ2v) is 12.9. The van der Waals surface area contributed by atoms with Crippen molar-refractivity contribution < 1.29 is 42.7 Å². The molecule has 0 radical (unpaired) electrons. The quantitative estimate of drug-likeness (QED) is 0.0206. The summed E-state index contributed by atoms with van der Waals surface area (Å²) in [4.78, 5) is 43.8. The number of aliphatic imine (C=N–C) groups is 2. The molecule has 4 aromatic rings. The van der Waals surface area contributed by atoms with Gasteiger partial charge >= 0.3 is 5.97 Å². The minimum atomic E-state index is -4.92. The predicted octanol–water partition coefficient (Wildman–Crippen LogP) is 5.35. The lowest BCUT2D eigenvalue weighted by atomic mass is 9.94. The Morgan fingerprint density at radius 2 is 1.24 bits per heavy atom. The highest BCUT2D eigenvalue weighted by atomic mass is 32.2. The van der Waals surface area contributed by atoms with Crippen molar-refractivity contribution in [2.45, 2.75) is 0 Å². The zero-order valence-electron chi connectivity index (χ0n) is 27.6. The number of aliphatic carboxylic acids is 1. The number of hydrogen-bond acceptors (Lipinski definition) is 12. The highest BCUT2D eigenvalue weighted by molar-refractivity contribution is 7.91. The summed E-state index contributed by atoms with van der Waals surface area (Å²) in [6.07, 6.45) is 4.70. The second-order valence-electron chi connectivity index (χ2n) is 11.5. The lowest BCUT2D eigenvalue weighted by Crippen LogP contribution is -2.27. The van der Waals surface area contributed by atoms with Crippen LogP contribution in [-0.4, -0.2) is 69.0 Å². The number of aliphatic hydroxyl groups is 2. The van der Waals surface area contributed by atoms with Gasteiger partial charge in [-0.1, -0.05) is 0 Å². The minimum Gasteiger partial charge on any atom is -0.493 e. The molecule has 0 atom stereocenters. The van der Waals surface area contributed by atoms with Crippen molar-refractivity contribution >= 4 is 85.4 Å². The van der Waals surface area contributed by atoms with Gasteiger partial charge in [-0.3, -0.25) is 25.0 Å². The van der Waals surface area contributed by atoms with Gasteiger partial charge in [0.15, 0.2) is 11.5 Å².